The second kappa shape index (κ2) is 13.7. The van der Waals surface area contributed by atoms with E-state index < -0.39 is 0 Å². The number of halogens is 1. The molecule has 0 bridgehead atoms. The molecule has 0 radical (unpaired) electrons. The lowest BCUT2D eigenvalue weighted by molar-refractivity contribution is -0.132. The van der Waals surface area contributed by atoms with Crippen LogP contribution >= 0.6 is 11.6 Å². The summed E-state index contributed by atoms with van der Waals surface area (Å²) in [5.41, 5.74) is 2.23. The summed E-state index contributed by atoms with van der Waals surface area (Å²) in [5, 5.41) is 0.782. The molecule has 0 N–H and O–H groups in total. The molecule has 3 aliphatic rings. The van der Waals surface area contributed by atoms with E-state index in [9.17, 15) is 4.79 Å². The summed E-state index contributed by atoms with van der Waals surface area (Å²) in [5.74, 6) is 1.03. The highest BCUT2D eigenvalue weighted by Gasteiger charge is 2.39. The molecule has 218 valence electrons. The normalized spacial score (nSPS) is 23.4. The van der Waals surface area contributed by atoms with Crippen LogP contribution in [0.15, 0.2) is 48.5 Å². The molecule has 3 heterocycles. The van der Waals surface area contributed by atoms with Gasteiger partial charge < -0.3 is 19.4 Å². The van der Waals surface area contributed by atoms with E-state index in [1.165, 1.54) is 63.8 Å². The van der Waals surface area contributed by atoms with E-state index in [4.69, 9.17) is 16.3 Å². The number of amides is 1. The number of ether oxygens (including phenoxy) is 1. The molecule has 1 amide bonds. The van der Waals surface area contributed by atoms with Crippen molar-refractivity contribution in [1.29, 1.82) is 0 Å². The van der Waals surface area contributed by atoms with Crippen LogP contribution in [0, 0.1) is 0 Å². The largest absolute Gasteiger partial charge is 0.491 e. The molecule has 2 aromatic carbocycles. The Balaban J connectivity index is 1.24. The maximum absolute atomic E-state index is 13.6. The Morgan fingerprint density at radius 1 is 0.975 bits per heavy atom. The molecule has 0 aromatic heterocycles. The molecule has 0 aliphatic carbocycles. The Morgan fingerprint density at radius 2 is 1.75 bits per heavy atom. The zero-order valence-electron chi connectivity index (χ0n) is 24.6. The van der Waals surface area contributed by atoms with Gasteiger partial charge in [0.2, 0.25) is 5.91 Å². The van der Waals surface area contributed by atoms with Crippen LogP contribution in [-0.2, 0) is 16.6 Å². The van der Waals surface area contributed by atoms with E-state index in [0.29, 0.717) is 6.42 Å². The summed E-state index contributed by atoms with van der Waals surface area (Å²) in [7, 11) is 0. The molecule has 0 unspecified atom stereocenters. The van der Waals surface area contributed by atoms with Gasteiger partial charge in [0.15, 0.2) is 0 Å². The van der Waals surface area contributed by atoms with Gasteiger partial charge in [-0.15, -0.1) is 0 Å². The first kappa shape index (κ1) is 29.4. The average molecular weight is 566 g/mol. The van der Waals surface area contributed by atoms with E-state index in [-0.39, 0.29) is 17.4 Å². The minimum Gasteiger partial charge on any atom is -0.491 e. The van der Waals surface area contributed by atoms with Crippen LogP contribution in [-0.4, -0.2) is 78.6 Å². The first-order chi connectivity index (χ1) is 19.4. The van der Waals surface area contributed by atoms with Gasteiger partial charge in [0.1, 0.15) is 5.75 Å². The molecular formula is C34H48ClN3O2. The second-order valence-electron chi connectivity index (χ2n) is 12.6. The minimum absolute atomic E-state index is 0.0644. The standard InChI is InChI=1S/C34H48ClN3O2/c1-27(2)40-32-12-6-9-28(23-32)24-33(39)38-19-8-15-34(26-38,29-10-7-11-30(35)25-29)16-22-36-20-13-31(14-21-36)37-17-4-3-5-18-37/h6-7,9-12,23,25,27,31H,3-5,8,13-22,24,26H2,1-2H3/t34-/m1/s1. The third kappa shape index (κ3) is 7.60. The lowest BCUT2D eigenvalue weighted by Gasteiger charge is -2.45. The molecule has 3 saturated heterocycles. The monoisotopic (exact) mass is 565 g/mol. The van der Waals surface area contributed by atoms with Gasteiger partial charge in [-0.25, -0.2) is 0 Å². The van der Waals surface area contributed by atoms with Crippen LogP contribution in [0.4, 0.5) is 0 Å². The smallest absolute Gasteiger partial charge is 0.227 e. The third-order valence-electron chi connectivity index (χ3n) is 9.36. The van der Waals surface area contributed by atoms with Gasteiger partial charge in [0.05, 0.1) is 12.5 Å². The van der Waals surface area contributed by atoms with E-state index in [2.05, 4.69) is 32.9 Å². The Morgan fingerprint density at radius 3 is 2.50 bits per heavy atom. The summed E-state index contributed by atoms with van der Waals surface area (Å²) in [6.45, 7) is 11.7. The topological polar surface area (TPSA) is 36.0 Å². The number of rotatable bonds is 9. The Hall–Kier alpha value is -2.08. The summed E-state index contributed by atoms with van der Waals surface area (Å²) in [6.07, 6.45) is 10.4. The van der Waals surface area contributed by atoms with Crippen molar-refractivity contribution in [2.75, 3.05) is 45.8 Å². The van der Waals surface area contributed by atoms with Gasteiger partial charge in [0, 0.05) is 29.6 Å². The van der Waals surface area contributed by atoms with Crippen LogP contribution in [0.25, 0.3) is 0 Å². The van der Waals surface area contributed by atoms with Gasteiger partial charge >= 0.3 is 0 Å². The number of carbonyl (C=O) groups is 1. The predicted octanol–water partition coefficient (Wildman–Crippen LogP) is 6.57. The molecule has 3 aliphatic heterocycles. The van der Waals surface area contributed by atoms with Crippen molar-refractivity contribution in [1.82, 2.24) is 14.7 Å². The highest BCUT2D eigenvalue weighted by atomic mass is 35.5. The van der Waals surface area contributed by atoms with Gasteiger partial charge in [-0.1, -0.05) is 42.3 Å². The fourth-order valence-corrected chi connectivity index (χ4v) is 7.39. The third-order valence-corrected chi connectivity index (χ3v) is 9.60. The Kier molecular flexibility index (Phi) is 10.1. The zero-order valence-corrected chi connectivity index (χ0v) is 25.4. The molecule has 1 atom stereocenters. The zero-order chi connectivity index (χ0) is 28.0. The molecular weight excluding hydrogens is 518 g/mol. The van der Waals surface area contributed by atoms with Gasteiger partial charge in [0.25, 0.3) is 0 Å². The van der Waals surface area contributed by atoms with Crippen molar-refractivity contribution in [3.8, 4) is 5.75 Å². The maximum Gasteiger partial charge on any atom is 0.227 e. The molecule has 5 rings (SSSR count). The SMILES string of the molecule is CC(C)Oc1cccc(CC(=O)N2CCC[C@](CCN3CCC(N4CCCCC4)CC3)(c3cccc(Cl)c3)C2)c1. The first-order valence-electron chi connectivity index (χ1n) is 15.7. The fourth-order valence-electron chi connectivity index (χ4n) is 7.20. The highest BCUT2D eigenvalue weighted by Crippen LogP contribution is 2.39. The number of hydrogen-bond acceptors (Lipinski definition) is 4. The lowest BCUT2D eigenvalue weighted by atomic mass is 9.71. The Labute approximate surface area is 246 Å². The summed E-state index contributed by atoms with van der Waals surface area (Å²) < 4.78 is 5.87. The van der Waals surface area contributed by atoms with Crippen LogP contribution < -0.4 is 4.74 Å². The van der Waals surface area contributed by atoms with Crippen molar-refractivity contribution in [3.05, 3.63) is 64.7 Å². The molecule has 2 aromatic rings. The molecule has 40 heavy (non-hydrogen) atoms. The highest BCUT2D eigenvalue weighted by molar-refractivity contribution is 6.30. The van der Waals surface area contributed by atoms with E-state index in [0.717, 1.165) is 61.3 Å². The van der Waals surface area contributed by atoms with E-state index >= 15 is 0 Å². The van der Waals surface area contributed by atoms with Crippen molar-refractivity contribution in [2.24, 2.45) is 0 Å². The summed E-state index contributed by atoms with van der Waals surface area (Å²) >= 11 is 6.51. The van der Waals surface area contributed by atoms with Gasteiger partial charge in [-0.2, -0.15) is 0 Å². The van der Waals surface area contributed by atoms with Crippen molar-refractivity contribution in [2.45, 2.75) is 89.2 Å². The molecule has 5 nitrogen and oxygen atoms in total. The number of hydrogen-bond donors (Lipinski definition) is 0. The minimum atomic E-state index is -0.0644. The fraction of sp³-hybridized carbons (Fsp3) is 0.618. The van der Waals surface area contributed by atoms with Gasteiger partial charge in [-0.05, 0) is 127 Å². The van der Waals surface area contributed by atoms with Crippen LogP contribution in [0.1, 0.15) is 76.3 Å². The molecule has 0 spiro atoms. The number of benzene rings is 2. The van der Waals surface area contributed by atoms with E-state index in [1.807, 2.05) is 44.2 Å². The van der Waals surface area contributed by atoms with Crippen LogP contribution in [0.5, 0.6) is 5.75 Å². The second-order valence-corrected chi connectivity index (χ2v) is 13.1. The van der Waals surface area contributed by atoms with Crippen molar-refractivity contribution >= 4 is 17.5 Å². The predicted molar refractivity (Wildman–Crippen MR) is 164 cm³/mol. The Bertz CT molecular complexity index is 1110. The number of nitrogens with zero attached hydrogens (tertiary/aromatic N) is 3. The van der Waals surface area contributed by atoms with Crippen molar-refractivity contribution in [3.63, 3.8) is 0 Å². The van der Waals surface area contributed by atoms with Gasteiger partial charge in [-0.3, -0.25) is 4.79 Å². The van der Waals surface area contributed by atoms with Crippen molar-refractivity contribution < 1.29 is 9.53 Å². The molecule has 0 saturated carbocycles. The summed E-state index contributed by atoms with van der Waals surface area (Å²) in [4.78, 5) is 21.2. The first-order valence-corrected chi connectivity index (χ1v) is 16.0. The van der Waals surface area contributed by atoms with Crippen LogP contribution in [0.3, 0.4) is 0 Å². The number of likely N-dealkylation sites (tertiary alicyclic amines) is 3. The average Bonchev–Trinajstić information content (AvgIpc) is 2.97. The summed E-state index contributed by atoms with van der Waals surface area (Å²) in [6, 6.07) is 17.2. The van der Waals surface area contributed by atoms with Crippen LogP contribution in [0.2, 0.25) is 5.02 Å². The lowest BCUT2D eigenvalue weighted by Crippen LogP contribution is -2.51. The number of carbonyl (C=O) groups excluding carboxylic acids is 1. The molecule has 3 fully saturated rings. The quantitative estimate of drug-likeness (QED) is 0.344. The number of piperidine rings is 3. The maximum atomic E-state index is 13.6. The molecule has 6 heteroatoms. The van der Waals surface area contributed by atoms with E-state index in [1.54, 1.807) is 0 Å².